The third-order valence-corrected chi connectivity index (χ3v) is 10.6. The smallest absolute Gasteiger partial charge is 0.158 e. The predicted octanol–water partition coefficient (Wildman–Crippen LogP) is 4.43. The number of hydrogen-bond donors (Lipinski definition) is 2. The Labute approximate surface area is 211 Å². The molecule has 8 atom stereocenters. The number of allylic oxidation sites excluding steroid dienone is 2. The number of alkyl halides is 1. The number of rotatable bonds is 2. The van der Waals surface area contributed by atoms with Crippen LogP contribution in [-0.4, -0.2) is 69.3 Å². The first-order valence-corrected chi connectivity index (χ1v) is 13.3. The molecule has 0 radical (unpaired) electrons. The van der Waals surface area contributed by atoms with E-state index in [4.69, 9.17) is 4.74 Å². The number of halogens is 1. The van der Waals surface area contributed by atoms with Gasteiger partial charge >= 0.3 is 0 Å². The number of fused-ring (bicyclic) bond motifs is 2. The highest BCUT2D eigenvalue weighted by Crippen LogP contribution is 2.71. The fraction of sp³-hybridized carbons (Fsp3) is 0.567. The van der Waals surface area contributed by atoms with Gasteiger partial charge in [0.25, 0.3) is 0 Å². The van der Waals surface area contributed by atoms with Crippen molar-refractivity contribution in [3.8, 4) is 0 Å². The molecule has 1 aromatic carbocycles. The number of ether oxygens (including phenoxy) is 1. The van der Waals surface area contributed by atoms with E-state index in [9.17, 15) is 10.2 Å². The molecule has 3 fully saturated rings. The largest absolute Gasteiger partial charge is 0.388 e. The summed E-state index contributed by atoms with van der Waals surface area (Å²) in [7, 11) is 3.84. The van der Waals surface area contributed by atoms with Crippen molar-refractivity contribution in [1.29, 1.82) is 0 Å². The van der Waals surface area contributed by atoms with E-state index in [0.717, 1.165) is 17.3 Å². The lowest BCUT2D eigenvalue weighted by molar-refractivity contribution is -0.239. The highest BCUT2D eigenvalue weighted by atomic mass is 19.1. The van der Waals surface area contributed by atoms with Crippen LogP contribution in [0.3, 0.4) is 0 Å². The summed E-state index contributed by atoms with van der Waals surface area (Å²) in [6, 6.07) is 10.3. The summed E-state index contributed by atoms with van der Waals surface area (Å²) in [5.41, 5.74) is 0.556. The SMILES string of the molecule is CN(C)C1CC23CCC4(O2)C2CC=C(c5ccc6ncccc6c5)C2(C)CCC4(F)C=C3C(O)C1O. The fourth-order valence-electron chi connectivity index (χ4n) is 8.67. The van der Waals surface area contributed by atoms with E-state index >= 15 is 4.39 Å². The number of hydrogen-bond acceptors (Lipinski definition) is 5. The van der Waals surface area contributed by atoms with Crippen molar-refractivity contribution in [3.63, 3.8) is 0 Å². The maximum Gasteiger partial charge on any atom is 0.158 e. The second-order valence-electron chi connectivity index (χ2n) is 12.4. The van der Waals surface area contributed by atoms with Gasteiger partial charge in [-0.25, -0.2) is 4.39 Å². The van der Waals surface area contributed by atoms with E-state index in [1.807, 2.05) is 31.3 Å². The molecule has 5 nitrogen and oxygen atoms in total. The Hall–Kier alpha value is -2.12. The van der Waals surface area contributed by atoms with Crippen molar-refractivity contribution < 1.29 is 19.3 Å². The van der Waals surface area contributed by atoms with Crippen LogP contribution in [-0.2, 0) is 4.74 Å². The normalized spacial score (nSPS) is 45.2. The molecule has 2 aliphatic heterocycles. The number of aromatic nitrogens is 1. The lowest BCUT2D eigenvalue weighted by Crippen LogP contribution is -2.68. The quantitative estimate of drug-likeness (QED) is 0.610. The lowest BCUT2D eigenvalue weighted by atomic mass is 9.53. The molecule has 5 aliphatic rings. The molecule has 36 heavy (non-hydrogen) atoms. The van der Waals surface area contributed by atoms with Crippen LogP contribution in [0.4, 0.5) is 4.39 Å². The zero-order chi connectivity index (χ0) is 25.1. The van der Waals surface area contributed by atoms with Gasteiger partial charge in [0.05, 0.1) is 17.2 Å². The van der Waals surface area contributed by atoms with Gasteiger partial charge in [0.1, 0.15) is 11.7 Å². The Bertz CT molecular complexity index is 1320. The van der Waals surface area contributed by atoms with E-state index in [1.165, 1.54) is 11.1 Å². The Morgan fingerprint density at radius 3 is 2.75 bits per heavy atom. The minimum Gasteiger partial charge on any atom is -0.388 e. The van der Waals surface area contributed by atoms with E-state index in [1.54, 1.807) is 6.08 Å². The van der Waals surface area contributed by atoms with Crippen LogP contribution in [0.5, 0.6) is 0 Å². The van der Waals surface area contributed by atoms with Crippen LogP contribution in [0.25, 0.3) is 16.5 Å². The second-order valence-corrected chi connectivity index (χ2v) is 12.4. The summed E-state index contributed by atoms with van der Waals surface area (Å²) in [5, 5.41) is 23.1. The van der Waals surface area contributed by atoms with E-state index in [-0.39, 0.29) is 17.4 Å². The average Bonchev–Trinajstić information content (AvgIpc) is 3.39. The van der Waals surface area contributed by atoms with Crippen LogP contribution >= 0.6 is 0 Å². The zero-order valence-corrected chi connectivity index (χ0v) is 21.2. The average molecular weight is 491 g/mol. The van der Waals surface area contributed by atoms with Gasteiger partial charge in [-0.2, -0.15) is 0 Å². The summed E-state index contributed by atoms with van der Waals surface area (Å²) < 4.78 is 24.2. The standard InChI is InChI=1S/C30H35FN2O3/c1-27-10-12-29(31)16-21-25(34)26(35)23(33(2)3)17-28(21)11-13-30(29,36-28)24(27)9-7-20(27)18-6-8-22-19(15-18)5-4-14-32-22/h4-8,14-16,23-26,34-35H,9-13,17H2,1-3H3. The molecule has 2 aromatic rings. The van der Waals surface area contributed by atoms with Crippen LogP contribution < -0.4 is 0 Å². The highest BCUT2D eigenvalue weighted by Gasteiger charge is 2.74. The van der Waals surface area contributed by atoms with Crippen molar-refractivity contribution in [3.05, 3.63) is 59.8 Å². The molecule has 2 N–H and O–H groups in total. The van der Waals surface area contributed by atoms with Gasteiger partial charge in [0.2, 0.25) is 0 Å². The molecular formula is C30H35FN2O3. The Kier molecular flexibility index (Phi) is 4.64. The Morgan fingerprint density at radius 1 is 1.11 bits per heavy atom. The van der Waals surface area contributed by atoms with Crippen molar-refractivity contribution >= 4 is 16.5 Å². The topological polar surface area (TPSA) is 65.8 Å². The molecule has 8 unspecified atom stereocenters. The first kappa shape index (κ1) is 23.0. The maximum absolute atomic E-state index is 17.1. The van der Waals surface area contributed by atoms with E-state index < -0.39 is 29.1 Å². The first-order valence-electron chi connectivity index (χ1n) is 13.3. The minimum atomic E-state index is -1.64. The summed E-state index contributed by atoms with van der Waals surface area (Å²) in [6.45, 7) is 2.30. The highest BCUT2D eigenvalue weighted by molar-refractivity contribution is 5.85. The van der Waals surface area contributed by atoms with Gasteiger partial charge in [-0.1, -0.05) is 25.1 Å². The minimum absolute atomic E-state index is 0.0160. The van der Waals surface area contributed by atoms with Crippen molar-refractivity contribution in [1.82, 2.24) is 9.88 Å². The number of aliphatic hydroxyl groups excluding tert-OH is 2. The maximum atomic E-state index is 17.1. The van der Waals surface area contributed by atoms with Gasteiger partial charge in [-0.05, 0) is 99.0 Å². The van der Waals surface area contributed by atoms with Gasteiger partial charge < -0.3 is 19.8 Å². The number of likely N-dealkylation sites (N-methyl/N-ethyl adjacent to an activating group) is 1. The van der Waals surface area contributed by atoms with Gasteiger partial charge in [0.15, 0.2) is 5.67 Å². The summed E-state index contributed by atoms with van der Waals surface area (Å²) in [5.74, 6) is 0.0160. The number of nitrogens with zero attached hydrogens (tertiary/aromatic N) is 2. The lowest BCUT2D eigenvalue weighted by Gasteiger charge is -2.60. The fourth-order valence-corrected chi connectivity index (χ4v) is 8.67. The van der Waals surface area contributed by atoms with E-state index in [2.05, 4.69) is 42.2 Å². The second kappa shape index (κ2) is 7.25. The molecule has 1 aromatic heterocycles. The molecule has 3 heterocycles. The molecule has 2 bridgehead atoms. The summed E-state index contributed by atoms with van der Waals surface area (Å²) in [6.07, 6.45) is 7.51. The van der Waals surface area contributed by atoms with Crippen molar-refractivity contribution in [2.75, 3.05) is 14.1 Å². The molecule has 7 rings (SSSR count). The first-order chi connectivity index (χ1) is 17.1. The zero-order valence-electron chi connectivity index (χ0n) is 21.2. The number of benzene rings is 1. The summed E-state index contributed by atoms with van der Waals surface area (Å²) in [4.78, 5) is 6.43. The third-order valence-electron chi connectivity index (χ3n) is 10.6. The summed E-state index contributed by atoms with van der Waals surface area (Å²) >= 11 is 0. The van der Waals surface area contributed by atoms with Crippen LogP contribution in [0.2, 0.25) is 0 Å². The van der Waals surface area contributed by atoms with Crippen molar-refractivity contribution in [2.24, 2.45) is 11.3 Å². The predicted molar refractivity (Wildman–Crippen MR) is 137 cm³/mol. The molecule has 6 heteroatoms. The van der Waals surface area contributed by atoms with Crippen LogP contribution in [0.1, 0.15) is 51.0 Å². The molecule has 2 spiro atoms. The van der Waals surface area contributed by atoms with Gasteiger partial charge in [-0.3, -0.25) is 4.98 Å². The molecule has 3 aliphatic carbocycles. The number of pyridine rings is 1. The van der Waals surface area contributed by atoms with Gasteiger partial charge in [-0.15, -0.1) is 0 Å². The Balaban J connectivity index is 1.30. The molecule has 1 saturated heterocycles. The number of aliphatic hydroxyl groups is 2. The van der Waals surface area contributed by atoms with Crippen molar-refractivity contribution in [2.45, 2.75) is 80.6 Å². The van der Waals surface area contributed by atoms with Crippen LogP contribution in [0.15, 0.2) is 54.3 Å². The molecular weight excluding hydrogens is 455 g/mol. The van der Waals surface area contributed by atoms with Gasteiger partial charge in [0, 0.05) is 23.5 Å². The molecule has 0 amide bonds. The van der Waals surface area contributed by atoms with E-state index in [0.29, 0.717) is 37.7 Å². The third kappa shape index (κ3) is 2.71. The molecule has 190 valence electrons. The van der Waals surface area contributed by atoms with Crippen LogP contribution in [0, 0.1) is 11.3 Å². The molecule has 2 saturated carbocycles. The monoisotopic (exact) mass is 490 g/mol. The Morgan fingerprint density at radius 2 is 1.94 bits per heavy atom.